The first-order chi connectivity index (χ1) is 13.9. The molecule has 8 heteroatoms. The normalized spacial score (nSPS) is 14.7. The number of carbonyl (C=O) groups excluding carboxylic acids is 1. The Morgan fingerprint density at radius 1 is 1.14 bits per heavy atom. The van der Waals surface area contributed by atoms with Crippen molar-refractivity contribution >= 4 is 69.2 Å². The number of phenolic OH excluding ortho intramolecular Hbond substituents is 1. The first kappa shape index (κ1) is 19.5. The summed E-state index contributed by atoms with van der Waals surface area (Å²) in [4.78, 5) is 12.8. The molecule has 0 aliphatic heterocycles. The Balaban J connectivity index is 1.75. The number of fused-ring (bicyclic) bond motifs is 1. The summed E-state index contributed by atoms with van der Waals surface area (Å²) in [5.74, 6) is -0.258. The first-order valence-corrected chi connectivity index (χ1v) is 10.5. The topological polar surface area (TPSA) is 74.8 Å². The highest BCUT2D eigenvalue weighted by Crippen LogP contribution is 2.34. The lowest BCUT2D eigenvalue weighted by molar-refractivity contribution is -0.109. The van der Waals surface area contributed by atoms with Gasteiger partial charge in [0.05, 0.1) is 11.1 Å². The average Bonchev–Trinajstić information content (AvgIpc) is 2.97. The van der Waals surface area contributed by atoms with Crippen molar-refractivity contribution < 1.29 is 15.0 Å². The number of thiazole rings is 1. The second-order valence-electron chi connectivity index (χ2n) is 6.16. The Bertz CT molecular complexity index is 1290. The molecule has 2 N–H and O–H groups in total. The van der Waals surface area contributed by atoms with E-state index in [4.69, 9.17) is 12.2 Å². The van der Waals surface area contributed by atoms with Crippen molar-refractivity contribution in [3.8, 4) is 11.6 Å². The van der Waals surface area contributed by atoms with Gasteiger partial charge in [0.15, 0.2) is 9.74 Å². The number of hydrogen-bond acceptors (Lipinski definition) is 6. The van der Waals surface area contributed by atoms with Crippen molar-refractivity contribution in [1.82, 2.24) is 4.68 Å². The van der Waals surface area contributed by atoms with Crippen molar-refractivity contribution in [1.29, 1.82) is 0 Å². The smallest absolute Gasteiger partial charge is 0.232 e. The van der Waals surface area contributed by atoms with E-state index >= 15 is 0 Å². The van der Waals surface area contributed by atoms with Crippen molar-refractivity contribution in [2.45, 2.75) is 0 Å². The highest BCUT2D eigenvalue weighted by atomic mass is 79.9. The summed E-state index contributed by atoms with van der Waals surface area (Å²) in [6, 6.07) is 12.5. The van der Waals surface area contributed by atoms with Crippen LogP contribution in [0.25, 0.3) is 17.7 Å². The summed E-state index contributed by atoms with van der Waals surface area (Å²) in [6.45, 7) is 0. The van der Waals surface area contributed by atoms with E-state index in [1.165, 1.54) is 23.0 Å². The summed E-state index contributed by atoms with van der Waals surface area (Å²) >= 11 is 9.80. The van der Waals surface area contributed by atoms with Crippen LogP contribution in [0.15, 0.2) is 58.1 Å². The quantitative estimate of drug-likeness (QED) is 0.293. The molecular formula is C21H13BrN2O3S2. The summed E-state index contributed by atoms with van der Waals surface area (Å²) in [6.07, 6.45) is 6.32. The molecule has 0 unspecified atom stereocenters. The number of nitrogens with zero attached hydrogens (tertiary/aromatic N) is 2. The van der Waals surface area contributed by atoms with Crippen molar-refractivity contribution in [3.63, 3.8) is 0 Å². The first-order valence-electron chi connectivity index (χ1n) is 8.45. The number of ketones is 1. The van der Waals surface area contributed by atoms with E-state index in [0.29, 0.717) is 20.0 Å². The molecule has 0 bridgehead atoms. The maximum Gasteiger partial charge on any atom is 0.232 e. The maximum absolute atomic E-state index is 12.4. The Morgan fingerprint density at radius 2 is 1.93 bits per heavy atom. The average molecular weight is 485 g/mol. The number of benzene rings is 2. The van der Waals surface area contributed by atoms with E-state index in [0.717, 1.165) is 26.9 Å². The van der Waals surface area contributed by atoms with Crippen LogP contribution in [0.5, 0.6) is 11.6 Å². The highest BCUT2D eigenvalue weighted by Gasteiger charge is 2.19. The second kappa shape index (κ2) is 7.90. The molecule has 0 saturated carbocycles. The highest BCUT2D eigenvalue weighted by molar-refractivity contribution is 9.10. The third-order valence-corrected chi connectivity index (χ3v) is 6.08. The third-order valence-electron chi connectivity index (χ3n) is 4.30. The van der Waals surface area contributed by atoms with Gasteiger partial charge in [-0.25, -0.2) is 0 Å². The van der Waals surface area contributed by atoms with E-state index in [-0.39, 0.29) is 17.4 Å². The molecule has 144 valence electrons. The van der Waals surface area contributed by atoms with E-state index < -0.39 is 0 Å². The lowest BCUT2D eigenvalue weighted by Gasteiger charge is -2.12. The monoisotopic (exact) mass is 484 g/mol. The third kappa shape index (κ3) is 3.87. The standard InChI is InChI=1S/C21H13BrN2O3S2/c22-14-6-8-17(25)13(9-14)11-23-24-20(27)19(29-21(24)28)10-16-15-4-2-1-3-12(15)5-7-18(16)26/h1-11,25,27H/b16-10-,23-11+. The fourth-order valence-corrected chi connectivity index (χ4v) is 4.42. The summed E-state index contributed by atoms with van der Waals surface area (Å²) in [5, 5.41) is 24.8. The predicted octanol–water partition coefficient (Wildman–Crippen LogP) is 5.47. The molecule has 0 spiro atoms. The maximum atomic E-state index is 12.4. The van der Waals surface area contributed by atoms with Crippen LogP contribution < -0.4 is 0 Å². The largest absolute Gasteiger partial charge is 0.507 e. The summed E-state index contributed by atoms with van der Waals surface area (Å²) < 4.78 is 2.29. The molecule has 0 amide bonds. The van der Waals surface area contributed by atoms with Gasteiger partial charge in [0.1, 0.15) is 5.75 Å². The molecule has 0 saturated heterocycles. The van der Waals surface area contributed by atoms with Gasteiger partial charge in [-0.1, -0.05) is 57.6 Å². The van der Waals surface area contributed by atoms with Crippen LogP contribution in [-0.2, 0) is 4.79 Å². The molecule has 5 nitrogen and oxygen atoms in total. The van der Waals surface area contributed by atoms with Gasteiger partial charge in [0.25, 0.3) is 0 Å². The Labute approximate surface area is 183 Å². The minimum absolute atomic E-state index is 0.0525. The molecule has 0 atom stereocenters. The molecule has 3 aromatic rings. The van der Waals surface area contributed by atoms with Crippen molar-refractivity contribution in [3.05, 3.63) is 78.5 Å². The van der Waals surface area contributed by atoms with Crippen LogP contribution in [0.4, 0.5) is 0 Å². The SMILES string of the molecule is O=C1C=Cc2ccccc2/C1=C/c1sc(=S)n(/N=C/c2cc(Br)ccc2O)c1O. The van der Waals surface area contributed by atoms with Gasteiger partial charge >= 0.3 is 0 Å². The molecule has 1 aliphatic rings. The molecule has 29 heavy (non-hydrogen) atoms. The molecule has 1 aromatic heterocycles. The number of rotatable bonds is 3. The zero-order valence-electron chi connectivity index (χ0n) is 14.7. The van der Waals surface area contributed by atoms with E-state index in [1.54, 1.807) is 24.3 Å². The molecule has 1 aliphatic carbocycles. The number of aromatic nitrogens is 1. The minimum atomic E-state index is -0.168. The molecular weight excluding hydrogens is 472 g/mol. The Morgan fingerprint density at radius 3 is 2.76 bits per heavy atom. The number of carbonyl (C=O) groups is 1. The van der Waals surface area contributed by atoms with Gasteiger partial charge in [-0.15, -0.1) is 0 Å². The molecule has 4 rings (SSSR count). The molecule has 1 heterocycles. The van der Waals surface area contributed by atoms with Crippen LogP contribution in [0.1, 0.15) is 21.6 Å². The second-order valence-corrected chi connectivity index (χ2v) is 8.75. The zero-order chi connectivity index (χ0) is 20.5. The van der Waals surface area contributed by atoms with Crippen molar-refractivity contribution in [2.75, 3.05) is 0 Å². The van der Waals surface area contributed by atoms with Gasteiger partial charge < -0.3 is 10.2 Å². The number of halogens is 1. The minimum Gasteiger partial charge on any atom is -0.507 e. The molecule has 0 fully saturated rings. The van der Waals surface area contributed by atoms with Crippen LogP contribution in [-0.4, -0.2) is 26.9 Å². The fourth-order valence-electron chi connectivity index (χ4n) is 2.87. The fraction of sp³-hybridized carbons (Fsp3) is 0. The van der Waals surface area contributed by atoms with Gasteiger partial charge in [-0.2, -0.15) is 9.78 Å². The van der Waals surface area contributed by atoms with Crippen LogP contribution in [0.2, 0.25) is 0 Å². The number of phenols is 1. The predicted molar refractivity (Wildman–Crippen MR) is 122 cm³/mol. The van der Waals surface area contributed by atoms with Crippen LogP contribution in [0.3, 0.4) is 0 Å². The van der Waals surface area contributed by atoms with Crippen molar-refractivity contribution in [2.24, 2.45) is 5.10 Å². The van der Waals surface area contributed by atoms with Gasteiger partial charge in [0, 0.05) is 15.6 Å². The van der Waals surface area contributed by atoms with Crippen LogP contribution in [0, 0.1) is 3.95 Å². The van der Waals surface area contributed by atoms with Crippen LogP contribution >= 0.6 is 39.5 Å². The summed E-state index contributed by atoms with van der Waals surface area (Å²) in [5.41, 5.74) is 2.68. The lowest BCUT2D eigenvalue weighted by Crippen LogP contribution is -2.04. The van der Waals surface area contributed by atoms with E-state index in [9.17, 15) is 15.0 Å². The number of hydrogen-bond donors (Lipinski definition) is 2. The van der Waals surface area contributed by atoms with Gasteiger partial charge in [0.2, 0.25) is 5.88 Å². The zero-order valence-corrected chi connectivity index (χ0v) is 18.0. The van der Waals surface area contributed by atoms with Gasteiger partial charge in [-0.05, 0) is 53.7 Å². The van der Waals surface area contributed by atoms with E-state index in [2.05, 4.69) is 21.0 Å². The number of allylic oxidation sites excluding steroid dienone is 2. The van der Waals surface area contributed by atoms with E-state index in [1.807, 2.05) is 24.3 Å². The Hall–Kier alpha value is -2.81. The number of aromatic hydroxyl groups is 2. The van der Waals surface area contributed by atoms with Gasteiger partial charge in [-0.3, -0.25) is 4.79 Å². The summed E-state index contributed by atoms with van der Waals surface area (Å²) in [7, 11) is 0. The molecule has 2 aromatic carbocycles. The lowest BCUT2D eigenvalue weighted by atomic mass is 9.91. The molecule has 0 radical (unpaired) electrons. The Kier molecular flexibility index (Phi) is 5.31.